The molecule has 42 heavy (non-hydrogen) atoms. The van der Waals surface area contributed by atoms with Crippen LogP contribution in [0.15, 0.2) is 53.9 Å². The third-order valence-electron chi connectivity index (χ3n) is 7.36. The Kier molecular flexibility index (Phi) is 9.51. The van der Waals surface area contributed by atoms with Gasteiger partial charge >= 0.3 is 0 Å². The van der Waals surface area contributed by atoms with Gasteiger partial charge in [-0.3, -0.25) is 14.4 Å². The van der Waals surface area contributed by atoms with Crippen LogP contribution < -0.4 is 21.1 Å². The van der Waals surface area contributed by atoms with Crippen molar-refractivity contribution in [3.63, 3.8) is 0 Å². The minimum Gasteiger partial charge on any atom is -0.491 e. The predicted molar refractivity (Wildman–Crippen MR) is 159 cm³/mol. The molecule has 3 aromatic rings. The molecule has 4 N–H and O–H groups in total. The monoisotopic (exact) mass is 594 g/mol. The maximum Gasteiger partial charge on any atom is 0.262 e. The van der Waals surface area contributed by atoms with Crippen molar-refractivity contribution in [3.8, 4) is 16.9 Å². The van der Waals surface area contributed by atoms with Crippen LogP contribution in [0.25, 0.3) is 11.1 Å². The number of anilines is 1. The van der Waals surface area contributed by atoms with Crippen molar-refractivity contribution >= 4 is 34.7 Å². The molecule has 5 rings (SSSR count). The molecule has 2 aliphatic heterocycles. The third kappa shape index (κ3) is 7.53. The zero-order chi connectivity index (χ0) is 29.6. The van der Waals surface area contributed by atoms with Gasteiger partial charge in [-0.15, -0.1) is 11.3 Å². The number of hydrogen-bond donors (Lipinski definition) is 3. The molecular formula is C31H35FN4O5S. The molecule has 0 radical (unpaired) electrons. The fraction of sp³-hybridized carbons (Fsp3) is 0.387. The van der Waals surface area contributed by atoms with Crippen LogP contribution in [-0.4, -0.2) is 67.1 Å². The Bertz CT molecular complexity index is 1450. The van der Waals surface area contributed by atoms with Gasteiger partial charge in [0.1, 0.15) is 24.2 Å². The number of ether oxygens (including phenoxy) is 2. The SMILES string of the molecule is Cc1cccc(NC(=O)[C@@H]2COCCCCC(=O)N3C[C@@H](N)C[C@H]3COc3cc(F)cc(c3)-c3csc(c3)C(=O)N2)c1. The quantitative estimate of drug-likeness (QED) is 0.411. The van der Waals surface area contributed by atoms with Crippen LogP contribution in [0.1, 0.15) is 40.9 Å². The standard InChI is InChI=1S/C31H35FN4O5S/c1-19-5-4-6-24(9-19)34-30(38)27-17-40-8-3-2-7-29(37)36-15-23(33)14-25(36)16-41-26-11-20(10-22(32)13-26)21-12-28(42-18-21)31(39)35-27/h4-6,9-13,18,23,25,27H,2-3,7-8,14-17,33H2,1H3,(H,34,38)(H,35,39)/t23-,25-,27-/m0/s1. The molecule has 2 aliphatic rings. The Hall–Kier alpha value is -3.80. The minimum absolute atomic E-state index is 0.0145. The van der Waals surface area contributed by atoms with Crippen molar-refractivity contribution in [2.75, 3.05) is 31.7 Å². The molecule has 0 saturated carbocycles. The number of benzene rings is 2. The van der Waals surface area contributed by atoms with Crippen LogP contribution in [0.3, 0.4) is 0 Å². The summed E-state index contributed by atoms with van der Waals surface area (Å²) in [5.74, 6) is -1.02. The molecule has 222 valence electrons. The lowest BCUT2D eigenvalue weighted by Crippen LogP contribution is -2.46. The second kappa shape index (κ2) is 13.5. The maximum atomic E-state index is 14.6. The van der Waals surface area contributed by atoms with Gasteiger partial charge in [-0.05, 0) is 78.6 Å². The first kappa shape index (κ1) is 29.7. The van der Waals surface area contributed by atoms with Gasteiger partial charge in [0.15, 0.2) is 0 Å². The molecule has 11 heteroatoms. The zero-order valence-electron chi connectivity index (χ0n) is 23.4. The van der Waals surface area contributed by atoms with E-state index < -0.39 is 23.7 Å². The lowest BCUT2D eigenvalue weighted by atomic mass is 10.1. The number of amides is 3. The van der Waals surface area contributed by atoms with Gasteiger partial charge in [0, 0.05) is 37.4 Å². The lowest BCUT2D eigenvalue weighted by Gasteiger charge is -2.25. The lowest BCUT2D eigenvalue weighted by molar-refractivity contribution is -0.132. The summed E-state index contributed by atoms with van der Waals surface area (Å²) in [7, 11) is 0. The van der Waals surface area contributed by atoms with E-state index in [1.54, 1.807) is 28.5 Å². The topological polar surface area (TPSA) is 123 Å². The number of fused-ring (bicyclic) bond motifs is 6. The number of carbonyl (C=O) groups is 3. The Morgan fingerprint density at radius 3 is 2.81 bits per heavy atom. The summed E-state index contributed by atoms with van der Waals surface area (Å²) in [4.78, 5) is 41.5. The molecular weight excluding hydrogens is 559 g/mol. The summed E-state index contributed by atoms with van der Waals surface area (Å²) in [6, 6.07) is 12.1. The highest BCUT2D eigenvalue weighted by Gasteiger charge is 2.33. The third-order valence-corrected chi connectivity index (χ3v) is 8.29. The molecule has 4 bridgehead atoms. The number of aryl methyl sites for hydroxylation is 1. The minimum atomic E-state index is -0.961. The van der Waals surface area contributed by atoms with E-state index in [-0.39, 0.29) is 31.2 Å². The van der Waals surface area contributed by atoms with Gasteiger partial charge in [0.25, 0.3) is 5.91 Å². The number of carbonyl (C=O) groups excluding carboxylic acids is 3. The average Bonchev–Trinajstić information content (AvgIpc) is 3.59. The van der Waals surface area contributed by atoms with Crippen molar-refractivity contribution in [2.45, 2.75) is 50.7 Å². The molecule has 0 unspecified atom stereocenters. The molecule has 1 aromatic heterocycles. The van der Waals surface area contributed by atoms with E-state index in [0.29, 0.717) is 66.3 Å². The number of rotatable bonds is 2. The van der Waals surface area contributed by atoms with Gasteiger partial charge in [-0.2, -0.15) is 0 Å². The summed E-state index contributed by atoms with van der Waals surface area (Å²) in [6.45, 7) is 2.86. The highest BCUT2D eigenvalue weighted by atomic mass is 32.1. The van der Waals surface area contributed by atoms with Gasteiger partial charge in [-0.25, -0.2) is 4.39 Å². The van der Waals surface area contributed by atoms with E-state index in [1.807, 2.05) is 25.1 Å². The van der Waals surface area contributed by atoms with Crippen LogP contribution in [0, 0.1) is 12.7 Å². The largest absolute Gasteiger partial charge is 0.491 e. The van der Waals surface area contributed by atoms with Crippen molar-refractivity contribution < 1.29 is 28.2 Å². The maximum absolute atomic E-state index is 14.6. The van der Waals surface area contributed by atoms with Gasteiger partial charge < -0.3 is 30.7 Å². The van der Waals surface area contributed by atoms with Gasteiger partial charge in [0.2, 0.25) is 11.8 Å². The Morgan fingerprint density at radius 2 is 1.98 bits per heavy atom. The van der Waals surface area contributed by atoms with E-state index in [4.69, 9.17) is 15.2 Å². The van der Waals surface area contributed by atoms with Crippen molar-refractivity contribution in [2.24, 2.45) is 5.73 Å². The smallest absolute Gasteiger partial charge is 0.262 e. The summed E-state index contributed by atoms with van der Waals surface area (Å²) in [5.41, 5.74) is 8.96. The number of nitrogens with zero attached hydrogens (tertiary/aromatic N) is 1. The number of nitrogens with two attached hydrogens (primary N) is 1. The van der Waals surface area contributed by atoms with Crippen LogP contribution in [0.5, 0.6) is 5.75 Å². The van der Waals surface area contributed by atoms with Crippen LogP contribution in [0.2, 0.25) is 0 Å². The fourth-order valence-corrected chi connectivity index (χ4v) is 6.04. The number of halogens is 1. The first-order valence-electron chi connectivity index (χ1n) is 14.1. The second-order valence-electron chi connectivity index (χ2n) is 10.8. The van der Waals surface area contributed by atoms with Crippen LogP contribution >= 0.6 is 11.3 Å². The summed E-state index contributed by atoms with van der Waals surface area (Å²) >= 11 is 1.19. The number of nitrogens with one attached hydrogen (secondary N) is 2. The molecule has 0 aliphatic carbocycles. The summed E-state index contributed by atoms with van der Waals surface area (Å²) in [6.07, 6.45) is 2.12. The molecule has 3 amide bonds. The fourth-order valence-electron chi connectivity index (χ4n) is 5.22. The Labute approximate surface area is 248 Å². The summed E-state index contributed by atoms with van der Waals surface area (Å²) < 4.78 is 26.4. The van der Waals surface area contributed by atoms with Crippen LogP contribution in [-0.2, 0) is 14.3 Å². The van der Waals surface area contributed by atoms with E-state index >= 15 is 0 Å². The zero-order valence-corrected chi connectivity index (χ0v) is 24.3. The normalized spacial score (nSPS) is 22.1. The van der Waals surface area contributed by atoms with E-state index in [9.17, 15) is 18.8 Å². The van der Waals surface area contributed by atoms with Crippen LogP contribution in [0.4, 0.5) is 10.1 Å². The van der Waals surface area contributed by atoms with E-state index in [2.05, 4.69) is 10.6 Å². The van der Waals surface area contributed by atoms with Gasteiger partial charge in [-0.1, -0.05) is 12.1 Å². The molecule has 0 spiro atoms. The average molecular weight is 595 g/mol. The van der Waals surface area contributed by atoms with E-state index in [1.165, 1.54) is 23.5 Å². The predicted octanol–water partition coefficient (Wildman–Crippen LogP) is 4.11. The number of thiophene rings is 1. The highest BCUT2D eigenvalue weighted by molar-refractivity contribution is 7.12. The second-order valence-corrected chi connectivity index (χ2v) is 11.7. The van der Waals surface area contributed by atoms with Crippen molar-refractivity contribution in [1.82, 2.24) is 10.2 Å². The first-order chi connectivity index (χ1) is 20.2. The Balaban J connectivity index is 1.38. The molecule has 9 nitrogen and oxygen atoms in total. The van der Waals surface area contributed by atoms with Crippen molar-refractivity contribution in [1.29, 1.82) is 0 Å². The molecule has 3 atom stereocenters. The first-order valence-corrected chi connectivity index (χ1v) is 15.0. The molecule has 3 heterocycles. The summed E-state index contributed by atoms with van der Waals surface area (Å²) in [5, 5.41) is 7.39. The van der Waals surface area contributed by atoms with Gasteiger partial charge in [0.05, 0.1) is 17.5 Å². The van der Waals surface area contributed by atoms with E-state index in [0.717, 1.165) is 5.56 Å². The van der Waals surface area contributed by atoms with Crippen molar-refractivity contribution in [3.05, 3.63) is 70.2 Å². The molecule has 1 fully saturated rings. The molecule has 1 saturated heterocycles. The highest BCUT2D eigenvalue weighted by Crippen LogP contribution is 2.30. The molecule has 2 aromatic carbocycles. The number of hydrogen-bond acceptors (Lipinski definition) is 7. The Morgan fingerprint density at radius 1 is 1.12 bits per heavy atom.